The molecule has 4 aromatic rings. The molecule has 0 atom stereocenters. The van der Waals surface area contributed by atoms with Gasteiger partial charge in [-0.25, -0.2) is 4.98 Å². The first-order valence-electron chi connectivity index (χ1n) is 8.76. The molecule has 1 aromatic carbocycles. The molecule has 0 aliphatic heterocycles. The second kappa shape index (κ2) is 8.20. The van der Waals surface area contributed by atoms with E-state index in [4.69, 9.17) is 0 Å². The summed E-state index contributed by atoms with van der Waals surface area (Å²) in [6.45, 7) is 2.79. The van der Waals surface area contributed by atoms with E-state index in [9.17, 15) is 4.79 Å². The van der Waals surface area contributed by atoms with Gasteiger partial charge in [-0.2, -0.15) is 0 Å². The number of nitrogens with zero attached hydrogens (tertiary/aromatic N) is 4. The van der Waals surface area contributed by atoms with Gasteiger partial charge in [0.1, 0.15) is 10.7 Å². The van der Waals surface area contributed by atoms with Gasteiger partial charge in [-0.15, -0.1) is 11.3 Å². The first kappa shape index (κ1) is 18.1. The Morgan fingerprint density at radius 2 is 1.96 bits per heavy atom. The summed E-state index contributed by atoms with van der Waals surface area (Å²) in [5, 5.41) is 10.0. The molecule has 28 heavy (non-hydrogen) atoms. The summed E-state index contributed by atoms with van der Waals surface area (Å²) in [4.78, 5) is 28.8. The third-order valence-electron chi connectivity index (χ3n) is 4.01. The Kier molecular flexibility index (Phi) is 5.31. The Balaban J connectivity index is 1.38. The number of thiazole rings is 1. The van der Waals surface area contributed by atoms with E-state index in [2.05, 4.69) is 30.6 Å². The molecule has 0 radical (unpaired) electrons. The van der Waals surface area contributed by atoms with Gasteiger partial charge < -0.3 is 10.6 Å². The monoisotopic (exact) mass is 390 g/mol. The number of nitrogens with one attached hydrogen (secondary N) is 2. The zero-order chi connectivity index (χ0) is 19.3. The number of hydrogen-bond acceptors (Lipinski definition) is 7. The van der Waals surface area contributed by atoms with Crippen molar-refractivity contribution in [1.29, 1.82) is 0 Å². The fraction of sp³-hybridized carbons (Fsp3) is 0.150. The molecule has 0 unspecified atom stereocenters. The van der Waals surface area contributed by atoms with Gasteiger partial charge in [0.25, 0.3) is 0 Å². The molecule has 0 aliphatic carbocycles. The predicted molar refractivity (Wildman–Crippen MR) is 110 cm³/mol. The fourth-order valence-corrected chi connectivity index (χ4v) is 3.56. The third kappa shape index (κ3) is 4.36. The van der Waals surface area contributed by atoms with Crippen LogP contribution < -0.4 is 10.6 Å². The standard InChI is InChI=1S/C20H18N6OS/c1-13(27)24-15-4-5-18-14(8-15)2-3-16(25-18)9-22-10-17-12-28-20(26-17)19-11-21-6-7-23-19/h2-8,11-12,22H,9-10H2,1H3,(H,24,27). The first-order valence-corrected chi connectivity index (χ1v) is 9.64. The Labute approximate surface area is 165 Å². The van der Waals surface area contributed by atoms with Gasteiger partial charge in [0.15, 0.2) is 0 Å². The zero-order valence-corrected chi connectivity index (χ0v) is 16.0. The van der Waals surface area contributed by atoms with Crippen LogP contribution in [0.15, 0.2) is 54.3 Å². The van der Waals surface area contributed by atoms with E-state index in [1.54, 1.807) is 29.9 Å². The smallest absolute Gasteiger partial charge is 0.221 e. The molecule has 7 nitrogen and oxygen atoms in total. The Morgan fingerprint density at radius 1 is 1.07 bits per heavy atom. The van der Waals surface area contributed by atoms with E-state index in [0.717, 1.165) is 38.7 Å². The van der Waals surface area contributed by atoms with Gasteiger partial charge in [0.2, 0.25) is 5.91 Å². The van der Waals surface area contributed by atoms with Crippen molar-refractivity contribution in [3.63, 3.8) is 0 Å². The number of aromatic nitrogens is 4. The molecule has 0 spiro atoms. The maximum absolute atomic E-state index is 11.2. The predicted octanol–water partition coefficient (Wildman–Crippen LogP) is 3.40. The lowest BCUT2D eigenvalue weighted by Gasteiger charge is -2.07. The van der Waals surface area contributed by atoms with E-state index < -0.39 is 0 Å². The van der Waals surface area contributed by atoms with Gasteiger partial charge >= 0.3 is 0 Å². The molecule has 4 rings (SSSR count). The second-order valence-corrected chi connectivity index (χ2v) is 7.09. The number of anilines is 1. The molecular weight excluding hydrogens is 372 g/mol. The van der Waals surface area contributed by atoms with Gasteiger partial charge in [0, 0.05) is 48.9 Å². The van der Waals surface area contributed by atoms with Crippen LogP contribution in [0.5, 0.6) is 0 Å². The maximum atomic E-state index is 11.2. The second-order valence-electron chi connectivity index (χ2n) is 6.23. The van der Waals surface area contributed by atoms with Crippen LogP contribution in [0.1, 0.15) is 18.3 Å². The number of amides is 1. The topological polar surface area (TPSA) is 92.7 Å². The van der Waals surface area contributed by atoms with E-state index in [-0.39, 0.29) is 5.91 Å². The van der Waals surface area contributed by atoms with Crippen LogP contribution in [0.3, 0.4) is 0 Å². The highest BCUT2D eigenvalue weighted by atomic mass is 32.1. The molecule has 140 valence electrons. The minimum Gasteiger partial charge on any atom is -0.326 e. The summed E-state index contributed by atoms with van der Waals surface area (Å²) in [5.74, 6) is -0.0855. The normalized spacial score (nSPS) is 10.9. The molecule has 3 heterocycles. The minimum absolute atomic E-state index is 0.0855. The fourth-order valence-electron chi connectivity index (χ4n) is 2.78. The molecule has 2 N–H and O–H groups in total. The van der Waals surface area contributed by atoms with Crippen LogP contribution in [0.2, 0.25) is 0 Å². The van der Waals surface area contributed by atoms with Crippen LogP contribution in [-0.4, -0.2) is 25.8 Å². The highest BCUT2D eigenvalue weighted by molar-refractivity contribution is 7.13. The van der Waals surface area contributed by atoms with Crippen molar-refractivity contribution in [2.24, 2.45) is 0 Å². The van der Waals surface area contributed by atoms with Gasteiger partial charge in [0.05, 0.1) is 23.1 Å². The highest BCUT2D eigenvalue weighted by Crippen LogP contribution is 2.21. The van der Waals surface area contributed by atoms with Crippen LogP contribution >= 0.6 is 11.3 Å². The lowest BCUT2D eigenvalue weighted by atomic mass is 10.2. The van der Waals surface area contributed by atoms with E-state index >= 15 is 0 Å². The minimum atomic E-state index is -0.0855. The van der Waals surface area contributed by atoms with Gasteiger partial charge in [-0.1, -0.05) is 6.07 Å². The molecular formula is C20H18N6OS. The summed E-state index contributed by atoms with van der Waals surface area (Å²) in [5.41, 5.74) is 4.37. The van der Waals surface area contributed by atoms with Crippen LogP contribution in [-0.2, 0) is 17.9 Å². The molecule has 0 bridgehead atoms. The summed E-state index contributed by atoms with van der Waals surface area (Å²) < 4.78 is 0. The number of rotatable bonds is 6. The Hall–Kier alpha value is -3.23. The molecule has 8 heteroatoms. The molecule has 3 aromatic heterocycles. The molecule has 0 saturated carbocycles. The quantitative estimate of drug-likeness (QED) is 0.524. The molecule has 0 aliphatic rings. The van der Waals surface area contributed by atoms with E-state index in [1.807, 2.05) is 35.7 Å². The van der Waals surface area contributed by atoms with Crippen LogP contribution in [0, 0.1) is 0 Å². The number of carbonyl (C=O) groups excluding carboxylic acids is 1. The third-order valence-corrected chi connectivity index (χ3v) is 4.93. The Bertz CT molecular complexity index is 1110. The first-order chi connectivity index (χ1) is 13.7. The average molecular weight is 390 g/mol. The summed E-state index contributed by atoms with van der Waals surface area (Å²) >= 11 is 1.56. The van der Waals surface area contributed by atoms with Crippen molar-refractivity contribution in [2.75, 3.05) is 5.32 Å². The van der Waals surface area contributed by atoms with E-state index in [1.165, 1.54) is 6.92 Å². The van der Waals surface area contributed by atoms with E-state index in [0.29, 0.717) is 13.1 Å². The number of fused-ring (bicyclic) bond motifs is 1. The van der Waals surface area contributed by atoms with Crippen molar-refractivity contribution >= 4 is 33.8 Å². The lowest BCUT2D eigenvalue weighted by Crippen LogP contribution is -2.14. The summed E-state index contributed by atoms with van der Waals surface area (Å²) in [7, 11) is 0. The number of carbonyl (C=O) groups is 1. The lowest BCUT2D eigenvalue weighted by molar-refractivity contribution is -0.114. The highest BCUT2D eigenvalue weighted by Gasteiger charge is 2.06. The van der Waals surface area contributed by atoms with Crippen molar-refractivity contribution in [3.8, 4) is 10.7 Å². The summed E-state index contributed by atoms with van der Waals surface area (Å²) in [6, 6.07) is 9.69. The largest absolute Gasteiger partial charge is 0.326 e. The number of benzene rings is 1. The maximum Gasteiger partial charge on any atom is 0.221 e. The van der Waals surface area contributed by atoms with Crippen molar-refractivity contribution in [1.82, 2.24) is 25.3 Å². The van der Waals surface area contributed by atoms with Gasteiger partial charge in [-0.05, 0) is 24.3 Å². The van der Waals surface area contributed by atoms with Crippen molar-refractivity contribution in [3.05, 3.63) is 65.7 Å². The number of pyridine rings is 1. The average Bonchev–Trinajstić information content (AvgIpc) is 3.17. The molecule has 1 amide bonds. The van der Waals surface area contributed by atoms with Crippen LogP contribution in [0.4, 0.5) is 5.69 Å². The van der Waals surface area contributed by atoms with Crippen molar-refractivity contribution in [2.45, 2.75) is 20.0 Å². The van der Waals surface area contributed by atoms with Gasteiger partial charge in [-0.3, -0.25) is 19.7 Å². The SMILES string of the molecule is CC(=O)Nc1ccc2nc(CNCc3csc(-c4cnccn4)n3)ccc2c1. The van der Waals surface area contributed by atoms with Crippen LogP contribution in [0.25, 0.3) is 21.6 Å². The molecule has 0 saturated heterocycles. The molecule has 0 fully saturated rings. The zero-order valence-electron chi connectivity index (χ0n) is 15.2. The number of hydrogen-bond donors (Lipinski definition) is 2. The van der Waals surface area contributed by atoms with Crippen molar-refractivity contribution < 1.29 is 4.79 Å². The summed E-state index contributed by atoms with van der Waals surface area (Å²) in [6.07, 6.45) is 5.03. The Morgan fingerprint density at radius 3 is 2.79 bits per heavy atom.